The minimum atomic E-state index is -0.758. The van der Waals surface area contributed by atoms with Crippen LogP contribution >= 0.6 is 0 Å². The van der Waals surface area contributed by atoms with E-state index in [-0.39, 0.29) is 5.97 Å². The summed E-state index contributed by atoms with van der Waals surface area (Å²) in [6.45, 7) is 0. The lowest BCUT2D eigenvalue weighted by atomic mass is 9.87. The van der Waals surface area contributed by atoms with Gasteiger partial charge >= 0.3 is 5.97 Å². The molecule has 1 N–H and O–H groups in total. The van der Waals surface area contributed by atoms with Gasteiger partial charge < -0.3 is 9.84 Å². The molecule has 1 aliphatic heterocycles. The van der Waals surface area contributed by atoms with Crippen molar-refractivity contribution >= 4 is 5.97 Å². The van der Waals surface area contributed by atoms with E-state index in [0.29, 0.717) is 6.42 Å². The van der Waals surface area contributed by atoms with Crippen LogP contribution in [0.3, 0.4) is 0 Å². The lowest BCUT2D eigenvalue weighted by molar-refractivity contribution is -0.153. The molecule has 0 fully saturated rings. The van der Waals surface area contributed by atoms with E-state index in [1.165, 1.54) is 6.08 Å². The fraction of sp³-hybridized carbons (Fsp3) is 0.444. The van der Waals surface area contributed by atoms with Crippen LogP contribution < -0.4 is 0 Å². The molecule has 0 saturated heterocycles. The molecule has 0 aromatic carbocycles. The van der Waals surface area contributed by atoms with E-state index in [9.17, 15) is 9.90 Å². The van der Waals surface area contributed by atoms with E-state index in [1.807, 2.05) is 6.08 Å². The Morgan fingerprint density at radius 2 is 2.50 bits per heavy atom. The largest absolute Gasteiger partial charge is 0.448 e. The van der Waals surface area contributed by atoms with Crippen LogP contribution in [0.5, 0.6) is 0 Å². The van der Waals surface area contributed by atoms with E-state index in [0.717, 1.165) is 6.42 Å². The molecule has 0 bridgehead atoms. The summed E-state index contributed by atoms with van der Waals surface area (Å²) in [6.07, 6.45) is 7.43. The first kappa shape index (κ1) is 7.55. The van der Waals surface area contributed by atoms with Gasteiger partial charge in [0.05, 0.1) is 0 Å². The van der Waals surface area contributed by atoms with Gasteiger partial charge in [0, 0.05) is 6.08 Å². The summed E-state index contributed by atoms with van der Waals surface area (Å²) >= 11 is 0. The molecule has 2 atom stereocenters. The van der Waals surface area contributed by atoms with Crippen LogP contribution in [0.15, 0.2) is 24.3 Å². The van der Waals surface area contributed by atoms with E-state index in [1.54, 1.807) is 12.2 Å². The minimum absolute atomic E-state index is 0.357. The minimum Gasteiger partial charge on any atom is -0.448 e. The van der Waals surface area contributed by atoms with Crippen LogP contribution in [-0.2, 0) is 9.53 Å². The molecular weight excluding hydrogens is 156 g/mol. The predicted molar refractivity (Wildman–Crippen MR) is 42.3 cm³/mol. The molecule has 2 rings (SSSR count). The maximum atomic E-state index is 10.8. The number of esters is 1. The van der Waals surface area contributed by atoms with E-state index in [4.69, 9.17) is 4.74 Å². The molecule has 0 saturated carbocycles. The zero-order valence-electron chi connectivity index (χ0n) is 6.56. The molecule has 64 valence electrons. The SMILES string of the molecule is O=C1C=C[C@]2(CCC=C[C@H]2O)O1. The van der Waals surface area contributed by atoms with Crippen molar-refractivity contribution in [2.75, 3.05) is 0 Å². The van der Waals surface area contributed by atoms with Gasteiger partial charge in [0.15, 0.2) is 5.60 Å². The Hall–Kier alpha value is -1.09. The molecule has 2 aliphatic rings. The summed E-state index contributed by atoms with van der Waals surface area (Å²) in [7, 11) is 0. The van der Waals surface area contributed by atoms with Crippen LogP contribution in [0.25, 0.3) is 0 Å². The average Bonchev–Trinajstić information content (AvgIpc) is 2.41. The second-order valence-corrected chi connectivity index (χ2v) is 3.12. The molecule has 0 radical (unpaired) electrons. The van der Waals surface area contributed by atoms with Crippen molar-refractivity contribution in [1.29, 1.82) is 0 Å². The smallest absolute Gasteiger partial charge is 0.331 e. The van der Waals surface area contributed by atoms with E-state index < -0.39 is 11.7 Å². The zero-order valence-corrected chi connectivity index (χ0v) is 6.56. The first-order valence-electron chi connectivity index (χ1n) is 4.00. The number of aliphatic hydroxyl groups is 1. The molecule has 3 nitrogen and oxygen atoms in total. The lowest BCUT2D eigenvalue weighted by Crippen LogP contribution is -2.42. The van der Waals surface area contributed by atoms with Crippen molar-refractivity contribution in [1.82, 2.24) is 0 Å². The molecule has 1 spiro atoms. The highest BCUT2D eigenvalue weighted by molar-refractivity contribution is 5.85. The van der Waals surface area contributed by atoms with Gasteiger partial charge in [-0.05, 0) is 18.9 Å². The maximum absolute atomic E-state index is 10.8. The third-order valence-corrected chi connectivity index (χ3v) is 2.31. The second-order valence-electron chi connectivity index (χ2n) is 3.12. The van der Waals surface area contributed by atoms with Gasteiger partial charge in [0.1, 0.15) is 6.10 Å². The highest BCUT2D eigenvalue weighted by atomic mass is 16.6. The summed E-state index contributed by atoms with van der Waals surface area (Å²) in [6, 6.07) is 0. The molecule has 0 aromatic rings. The molecule has 3 heteroatoms. The van der Waals surface area contributed by atoms with Gasteiger partial charge in [-0.2, -0.15) is 0 Å². The predicted octanol–water partition coefficient (Wildman–Crippen LogP) is 0.549. The first-order valence-corrected chi connectivity index (χ1v) is 4.00. The normalized spacial score (nSPS) is 39.1. The molecule has 12 heavy (non-hydrogen) atoms. The number of carbonyl (C=O) groups is 1. The van der Waals surface area contributed by atoms with Crippen LogP contribution in [0.1, 0.15) is 12.8 Å². The molecule has 1 aliphatic carbocycles. The Morgan fingerprint density at radius 3 is 3.08 bits per heavy atom. The Bertz CT molecular complexity index is 267. The standard InChI is InChI=1S/C9H10O3/c10-7-3-1-2-5-9(7)6-4-8(11)12-9/h1,3-4,6-7,10H,2,5H2/t7-,9+/m1/s1. The highest BCUT2D eigenvalue weighted by Crippen LogP contribution is 2.32. The zero-order chi connectivity index (χ0) is 8.60. The number of allylic oxidation sites excluding steroid dienone is 1. The van der Waals surface area contributed by atoms with Gasteiger partial charge in [0.2, 0.25) is 0 Å². The van der Waals surface area contributed by atoms with Gasteiger partial charge in [-0.15, -0.1) is 0 Å². The third-order valence-electron chi connectivity index (χ3n) is 2.31. The van der Waals surface area contributed by atoms with Crippen molar-refractivity contribution in [3.05, 3.63) is 24.3 Å². The fourth-order valence-corrected chi connectivity index (χ4v) is 1.60. The Labute approximate surface area is 70.3 Å². The van der Waals surface area contributed by atoms with Gasteiger partial charge in [-0.25, -0.2) is 4.79 Å². The van der Waals surface area contributed by atoms with Crippen molar-refractivity contribution < 1.29 is 14.6 Å². The van der Waals surface area contributed by atoms with Crippen LogP contribution in [0.2, 0.25) is 0 Å². The van der Waals surface area contributed by atoms with Crippen molar-refractivity contribution in [3.8, 4) is 0 Å². The lowest BCUT2D eigenvalue weighted by Gasteiger charge is -2.32. The molecular formula is C9H10O3. The van der Waals surface area contributed by atoms with Crippen molar-refractivity contribution in [3.63, 3.8) is 0 Å². The van der Waals surface area contributed by atoms with Crippen LogP contribution in [0, 0.1) is 0 Å². The summed E-state index contributed by atoms with van der Waals surface area (Å²) in [4.78, 5) is 10.8. The van der Waals surface area contributed by atoms with Crippen molar-refractivity contribution in [2.24, 2.45) is 0 Å². The summed E-state index contributed by atoms with van der Waals surface area (Å²) < 4.78 is 5.05. The molecule has 0 amide bonds. The average molecular weight is 166 g/mol. The monoisotopic (exact) mass is 166 g/mol. The number of aliphatic hydroxyl groups excluding tert-OH is 1. The highest BCUT2D eigenvalue weighted by Gasteiger charge is 2.42. The molecule has 0 aromatic heterocycles. The number of carbonyl (C=O) groups excluding carboxylic acids is 1. The molecule has 1 heterocycles. The van der Waals surface area contributed by atoms with E-state index >= 15 is 0 Å². The Morgan fingerprint density at radius 1 is 1.67 bits per heavy atom. The number of rotatable bonds is 0. The van der Waals surface area contributed by atoms with E-state index in [2.05, 4.69) is 0 Å². The number of hydrogen-bond donors (Lipinski definition) is 1. The second kappa shape index (κ2) is 2.45. The Balaban J connectivity index is 2.27. The summed E-state index contributed by atoms with van der Waals surface area (Å²) in [5.74, 6) is -0.357. The number of hydrogen-bond acceptors (Lipinski definition) is 3. The quantitative estimate of drug-likeness (QED) is 0.422. The maximum Gasteiger partial charge on any atom is 0.331 e. The van der Waals surface area contributed by atoms with Crippen LogP contribution in [-0.4, -0.2) is 22.8 Å². The third kappa shape index (κ3) is 0.975. The first-order chi connectivity index (χ1) is 5.73. The Kier molecular flexibility index (Phi) is 1.54. The summed E-state index contributed by atoms with van der Waals surface area (Å²) in [5, 5.41) is 9.56. The number of ether oxygens (including phenoxy) is 1. The summed E-state index contributed by atoms with van der Waals surface area (Å²) in [5.41, 5.74) is -0.758. The van der Waals surface area contributed by atoms with Gasteiger partial charge in [-0.1, -0.05) is 12.2 Å². The van der Waals surface area contributed by atoms with Gasteiger partial charge in [0.25, 0.3) is 0 Å². The topological polar surface area (TPSA) is 46.5 Å². The fourth-order valence-electron chi connectivity index (χ4n) is 1.60. The van der Waals surface area contributed by atoms with Gasteiger partial charge in [-0.3, -0.25) is 0 Å². The molecule has 0 unspecified atom stereocenters. The van der Waals surface area contributed by atoms with Crippen molar-refractivity contribution in [2.45, 2.75) is 24.5 Å². The van der Waals surface area contributed by atoms with Crippen LogP contribution in [0.4, 0.5) is 0 Å².